The second kappa shape index (κ2) is 7.83. The average Bonchev–Trinajstić information content (AvgIpc) is 2.60. The number of thiocarbonyl (C=S) groups is 1. The maximum absolute atomic E-state index is 12.7. The summed E-state index contributed by atoms with van der Waals surface area (Å²) in [5, 5.41) is 0.307. The molecule has 0 bridgehead atoms. The Bertz CT molecular complexity index is 1020. The SMILES string of the molecule is O=S(=O)(Nc1ncc(Br)nc1Oc1ccccc1)C1=CC(Cl)=CCC1=S. The first kappa shape index (κ1) is 19.0. The summed E-state index contributed by atoms with van der Waals surface area (Å²) in [7, 11) is -4.00. The second-order valence-corrected chi connectivity index (χ2v) is 8.48. The van der Waals surface area contributed by atoms with Crippen LogP contribution in [0.1, 0.15) is 6.42 Å². The van der Waals surface area contributed by atoms with Crippen LogP contribution in [0.2, 0.25) is 0 Å². The van der Waals surface area contributed by atoms with Crippen molar-refractivity contribution < 1.29 is 13.2 Å². The summed E-state index contributed by atoms with van der Waals surface area (Å²) < 4.78 is 33.8. The van der Waals surface area contributed by atoms with Crippen LogP contribution >= 0.6 is 39.7 Å². The molecule has 0 unspecified atom stereocenters. The Morgan fingerprint density at radius 1 is 1.27 bits per heavy atom. The van der Waals surface area contributed by atoms with E-state index in [0.29, 0.717) is 15.4 Å². The molecule has 1 heterocycles. The Labute approximate surface area is 169 Å². The van der Waals surface area contributed by atoms with Crippen molar-refractivity contribution in [3.05, 3.63) is 63.2 Å². The Balaban J connectivity index is 1.95. The minimum Gasteiger partial charge on any atom is -0.436 e. The van der Waals surface area contributed by atoms with Gasteiger partial charge in [0.25, 0.3) is 15.9 Å². The number of para-hydroxylation sites is 1. The molecule has 1 N–H and O–H groups in total. The fraction of sp³-hybridized carbons (Fsp3) is 0.0625. The van der Waals surface area contributed by atoms with E-state index in [1.807, 2.05) is 6.07 Å². The monoisotopic (exact) mass is 471 g/mol. The molecule has 1 aromatic heterocycles. The lowest BCUT2D eigenvalue weighted by atomic mass is 10.2. The maximum Gasteiger partial charge on any atom is 0.265 e. The van der Waals surface area contributed by atoms with Gasteiger partial charge in [0.2, 0.25) is 5.82 Å². The second-order valence-electron chi connectivity index (χ2n) is 5.09. The fourth-order valence-corrected chi connectivity index (χ4v) is 4.21. The Morgan fingerprint density at radius 3 is 2.73 bits per heavy atom. The zero-order chi connectivity index (χ0) is 18.7. The average molecular weight is 473 g/mol. The first-order chi connectivity index (χ1) is 12.3. The van der Waals surface area contributed by atoms with Crippen molar-refractivity contribution in [2.75, 3.05) is 4.72 Å². The van der Waals surface area contributed by atoms with Crippen LogP contribution < -0.4 is 9.46 Å². The molecular weight excluding hydrogens is 462 g/mol. The zero-order valence-corrected chi connectivity index (χ0v) is 17.0. The highest BCUT2D eigenvalue weighted by molar-refractivity contribution is 9.10. The number of benzene rings is 1. The Morgan fingerprint density at radius 2 is 2.00 bits per heavy atom. The summed E-state index contributed by atoms with van der Waals surface area (Å²) in [6, 6.07) is 8.82. The van der Waals surface area contributed by atoms with Gasteiger partial charge in [0.1, 0.15) is 15.3 Å². The molecule has 0 aliphatic heterocycles. The lowest BCUT2D eigenvalue weighted by Crippen LogP contribution is -2.22. The van der Waals surface area contributed by atoms with Crippen LogP contribution in [0.25, 0.3) is 0 Å². The number of ether oxygens (including phenoxy) is 1. The van der Waals surface area contributed by atoms with E-state index >= 15 is 0 Å². The third-order valence-electron chi connectivity index (χ3n) is 3.22. The van der Waals surface area contributed by atoms with E-state index in [0.717, 1.165) is 0 Å². The largest absolute Gasteiger partial charge is 0.436 e. The molecule has 1 aromatic carbocycles. The van der Waals surface area contributed by atoms with Gasteiger partial charge in [0, 0.05) is 16.3 Å². The summed E-state index contributed by atoms with van der Waals surface area (Å²) in [4.78, 5) is 8.39. The number of allylic oxidation sites excluding steroid dienone is 4. The van der Waals surface area contributed by atoms with Crippen LogP contribution in [0.3, 0.4) is 0 Å². The van der Waals surface area contributed by atoms with E-state index in [4.69, 9.17) is 28.6 Å². The van der Waals surface area contributed by atoms with E-state index in [-0.39, 0.29) is 27.9 Å². The number of sulfonamides is 1. The first-order valence-electron chi connectivity index (χ1n) is 7.24. The van der Waals surface area contributed by atoms with Gasteiger partial charge in [-0.3, -0.25) is 4.72 Å². The molecular formula is C16H11BrClN3O3S2. The van der Waals surface area contributed by atoms with Gasteiger partial charge in [-0.25, -0.2) is 18.4 Å². The predicted molar refractivity (Wildman–Crippen MR) is 108 cm³/mol. The number of hydrogen-bond donors (Lipinski definition) is 1. The van der Waals surface area contributed by atoms with Gasteiger partial charge in [-0.05, 0) is 34.1 Å². The summed E-state index contributed by atoms with van der Waals surface area (Å²) in [6.45, 7) is 0. The molecule has 134 valence electrons. The molecule has 0 saturated heterocycles. The molecule has 6 nitrogen and oxygen atoms in total. The molecule has 2 aromatic rings. The van der Waals surface area contributed by atoms with E-state index in [1.54, 1.807) is 30.3 Å². The molecule has 0 radical (unpaired) electrons. The highest BCUT2D eigenvalue weighted by atomic mass is 79.9. The number of nitrogens with zero attached hydrogens (tertiary/aromatic N) is 2. The van der Waals surface area contributed by atoms with Crippen LogP contribution in [0, 0.1) is 0 Å². The number of anilines is 1. The molecule has 10 heteroatoms. The summed E-state index contributed by atoms with van der Waals surface area (Å²) >= 11 is 14.3. The molecule has 0 amide bonds. The standard InChI is InChI=1S/C16H11BrClN3O3S2/c17-14-9-19-15(16(20-14)24-11-4-2-1-3-5-11)21-26(22,23)13-8-10(18)6-7-12(13)25/h1-6,8-9H,7H2,(H,19,21). The van der Waals surface area contributed by atoms with Crippen LogP contribution in [0.15, 0.2) is 63.2 Å². The molecule has 1 aliphatic carbocycles. The van der Waals surface area contributed by atoms with Gasteiger partial charge in [0.05, 0.1) is 6.20 Å². The smallest absolute Gasteiger partial charge is 0.265 e. The summed E-state index contributed by atoms with van der Waals surface area (Å²) in [5.74, 6) is 0.420. The van der Waals surface area contributed by atoms with Gasteiger partial charge in [0.15, 0.2) is 0 Å². The molecule has 3 rings (SSSR count). The molecule has 0 fully saturated rings. The van der Waals surface area contributed by atoms with Crippen LogP contribution in [-0.2, 0) is 10.0 Å². The van der Waals surface area contributed by atoms with Gasteiger partial charge in [-0.1, -0.05) is 48.1 Å². The number of nitrogens with one attached hydrogen (secondary N) is 1. The normalized spacial score (nSPS) is 14.5. The highest BCUT2D eigenvalue weighted by Gasteiger charge is 2.26. The summed E-state index contributed by atoms with van der Waals surface area (Å²) in [6.07, 6.45) is 4.59. The molecule has 0 saturated carbocycles. The number of halogens is 2. The molecule has 0 spiro atoms. The van der Waals surface area contributed by atoms with E-state index in [2.05, 4.69) is 30.6 Å². The number of hydrogen-bond acceptors (Lipinski definition) is 6. The number of aromatic nitrogens is 2. The Kier molecular flexibility index (Phi) is 5.71. The third-order valence-corrected chi connectivity index (χ3v) is 5.78. The lowest BCUT2D eigenvalue weighted by Gasteiger charge is -2.15. The predicted octanol–water partition coefficient (Wildman–Crippen LogP) is 4.55. The van der Waals surface area contributed by atoms with Crippen molar-refractivity contribution in [1.29, 1.82) is 0 Å². The van der Waals surface area contributed by atoms with Crippen LogP contribution in [-0.4, -0.2) is 23.3 Å². The van der Waals surface area contributed by atoms with Crippen molar-refractivity contribution in [3.63, 3.8) is 0 Å². The first-order valence-corrected chi connectivity index (χ1v) is 10.3. The lowest BCUT2D eigenvalue weighted by molar-refractivity contribution is 0.462. The van der Waals surface area contributed by atoms with Gasteiger partial charge >= 0.3 is 0 Å². The van der Waals surface area contributed by atoms with Crippen molar-refractivity contribution in [3.8, 4) is 11.6 Å². The van der Waals surface area contributed by atoms with Gasteiger partial charge in [-0.2, -0.15) is 0 Å². The number of rotatable bonds is 5. The van der Waals surface area contributed by atoms with Crippen molar-refractivity contribution in [1.82, 2.24) is 9.97 Å². The quantitative estimate of drug-likeness (QED) is 0.643. The van der Waals surface area contributed by atoms with E-state index in [1.165, 1.54) is 12.3 Å². The fourth-order valence-electron chi connectivity index (χ4n) is 2.06. The molecule has 26 heavy (non-hydrogen) atoms. The van der Waals surface area contributed by atoms with Crippen molar-refractivity contribution in [2.24, 2.45) is 0 Å². The highest BCUT2D eigenvalue weighted by Crippen LogP contribution is 2.30. The Hall–Kier alpha value is -1.81. The zero-order valence-electron chi connectivity index (χ0n) is 13.0. The maximum atomic E-state index is 12.7. The van der Waals surface area contributed by atoms with E-state index in [9.17, 15) is 8.42 Å². The molecule has 0 atom stereocenters. The van der Waals surface area contributed by atoms with Crippen molar-refractivity contribution >= 4 is 60.5 Å². The summed E-state index contributed by atoms with van der Waals surface area (Å²) in [5.41, 5.74) is 0. The topological polar surface area (TPSA) is 81.2 Å². The third kappa shape index (κ3) is 4.47. The van der Waals surface area contributed by atoms with E-state index < -0.39 is 10.0 Å². The minimum atomic E-state index is -4.00. The van der Waals surface area contributed by atoms with Gasteiger partial charge in [-0.15, -0.1) is 0 Å². The van der Waals surface area contributed by atoms with Crippen LogP contribution in [0.4, 0.5) is 5.82 Å². The molecule has 1 aliphatic rings. The van der Waals surface area contributed by atoms with Crippen LogP contribution in [0.5, 0.6) is 11.6 Å². The van der Waals surface area contributed by atoms with Gasteiger partial charge < -0.3 is 4.74 Å². The minimum absolute atomic E-state index is 0.00174. The van der Waals surface area contributed by atoms with Crippen molar-refractivity contribution in [2.45, 2.75) is 6.42 Å².